The van der Waals surface area contributed by atoms with Gasteiger partial charge in [-0.25, -0.2) is 0 Å². The molecule has 1 N–H and O–H groups in total. The van der Waals surface area contributed by atoms with Crippen molar-refractivity contribution >= 4 is 11.7 Å². The second-order valence-corrected chi connectivity index (χ2v) is 6.51. The predicted molar refractivity (Wildman–Crippen MR) is 90.8 cm³/mol. The molecule has 3 heterocycles. The highest BCUT2D eigenvalue weighted by Gasteiger charge is 2.51. The van der Waals surface area contributed by atoms with Crippen LogP contribution in [0.4, 0.5) is 5.82 Å². The van der Waals surface area contributed by atoms with Crippen molar-refractivity contribution in [2.75, 3.05) is 18.5 Å². The number of nitrogens with one attached hydrogen (secondary N) is 1. The minimum atomic E-state index is -0.714. The zero-order valence-corrected chi connectivity index (χ0v) is 14.1. The van der Waals surface area contributed by atoms with Gasteiger partial charge in [0.2, 0.25) is 5.91 Å². The van der Waals surface area contributed by atoms with Gasteiger partial charge in [0.15, 0.2) is 11.6 Å². The normalized spacial score (nSPS) is 21.7. The third-order valence-electron chi connectivity index (χ3n) is 4.91. The Balaban J connectivity index is 1.35. The SMILES string of the molecule is O=C(Nc1ccn(CCc2ccncc2)n1)C1CCCC12OCCO2. The largest absolute Gasteiger partial charge is 0.347 e. The van der Waals surface area contributed by atoms with E-state index in [2.05, 4.69) is 15.4 Å². The molecule has 25 heavy (non-hydrogen) atoms. The standard InChI is InChI=1S/C18H22N4O3/c23-17(15-2-1-7-18(15)24-12-13-25-18)20-16-6-11-22(21-16)10-5-14-3-8-19-9-4-14/h3-4,6,8-9,11,15H,1-2,5,7,10,12-13H2,(H,20,21,23). The first kappa shape index (κ1) is 16.2. The van der Waals surface area contributed by atoms with Gasteiger partial charge in [-0.3, -0.25) is 14.5 Å². The summed E-state index contributed by atoms with van der Waals surface area (Å²) in [5.41, 5.74) is 1.21. The quantitative estimate of drug-likeness (QED) is 0.899. The highest BCUT2D eigenvalue weighted by atomic mass is 16.7. The molecule has 1 spiro atoms. The molecule has 4 rings (SSSR count). The van der Waals surface area contributed by atoms with E-state index in [9.17, 15) is 4.79 Å². The molecule has 1 atom stereocenters. The van der Waals surface area contributed by atoms with Gasteiger partial charge in [-0.15, -0.1) is 0 Å². The number of aryl methyl sites for hydroxylation is 2. The van der Waals surface area contributed by atoms with E-state index in [1.54, 1.807) is 12.4 Å². The van der Waals surface area contributed by atoms with Crippen LogP contribution in [-0.2, 0) is 27.2 Å². The number of carbonyl (C=O) groups excluding carboxylic acids is 1. The van der Waals surface area contributed by atoms with Gasteiger partial charge in [0.25, 0.3) is 0 Å². The Labute approximate surface area is 146 Å². The molecule has 1 aliphatic carbocycles. The summed E-state index contributed by atoms with van der Waals surface area (Å²) in [6, 6.07) is 5.81. The van der Waals surface area contributed by atoms with Gasteiger partial charge >= 0.3 is 0 Å². The van der Waals surface area contributed by atoms with Crippen molar-refractivity contribution in [3.8, 4) is 0 Å². The number of rotatable bonds is 5. The molecule has 0 radical (unpaired) electrons. The Morgan fingerprint density at radius 2 is 2.08 bits per heavy atom. The predicted octanol–water partition coefficient (Wildman–Crippen LogP) is 2.00. The number of ether oxygens (including phenoxy) is 2. The van der Waals surface area contributed by atoms with Crippen LogP contribution in [0.15, 0.2) is 36.8 Å². The van der Waals surface area contributed by atoms with Crippen LogP contribution in [0, 0.1) is 5.92 Å². The van der Waals surface area contributed by atoms with Crippen molar-refractivity contribution in [3.63, 3.8) is 0 Å². The van der Waals surface area contributed by atoms with Crippen LogP contribution < -0.4 is 5.32 Å². The van der Waals surface area contributed by atoms with E-state index in [1.807, 2.05) is 29.1 Å². The van der Waals surface area contributed by atoms with Gasteiger partial charge in [0.05, 0.1) is 19.1 Å². The third-order valence-corrected chi connectivity index (χ3v) is 4.91. The summed E-state index contributed by atoms with van der Waals surface area (Å²) in [6.07, 6.45) is 8.83. The van der Waals surface area contributed by atoms with E-state index >= 15 is 0 Å². The molecule has 1 saturated carbocycles. The number of hydrogen-bond donors (Lipinski definition) is 1. The number of hydrogen-bond acceptors (Lipinski definition) is 5. The fourth-order valence-electron chi connectivity index (χ4n) is 3.65. The van der Waals surface area contributed by atoms with Crippen LogP contribution in [0.1, 0.15) is 24.8 Å². The van der Waals surface area contributed by atoms with E-state index in [0.29, 0.717) is 19.0 Å². The van der Waals surface area contributed by atoms with Crippen molar-refractivity contribution in [2.45, 2.75) is 38.0 Å². The molecule has 0 bridgehead atoms. The lowest BCUT2D eigenvalue weighted by Crippen LogP contribution is -2.41. The summed E-state index contributed by atoms with van der Waals surface area (Å²) in [5, 5.41) is 7.35. The van der Waals surface area contributed by atoms with Gasteiger partial charge in [0, 0.05) is 37.6 Å². The molecular formula is C18H22N4O3. The first-order valence-corrected chi connectivity index (χ1v) is 8.76. The van der Waals surface area contributed by atoms with Crippen LogP contribution in [0.25, 0.3) is 0 Å². The minimum absolute atomic E-state index is 0.0706. The summed E-state index contributed by atoms with van der Waals surface area (Å²) in [7, 11) is 0. The van der Waals surface area contributed by atoms with Gasteiger partial charge in [0.1, 0.15) is 0 Å². The third kappa shape index (κ3) is 3.43. The molecule has 1 unspecified atom stereocenters. The molecule has 1 saturated heterocycles. The van der Waals surface area contributed by atoms with Crippen molar-refractivity contribution < 1.29 is 14.3 Å². The Morgan fingerprint density at radius 3 is 2.88 bits per heavy atom. The molecule has 0 aromatic carbocycles. The molecule has 2 aromatic rings. The number of anilines is 1. The lowest BCUT2D eigenvalue weighted by molar-refractivity contribution is -0.184. The number of nitrogens with zero attached hydrogens (tertiary/aromatic N) is 3. The molecular weight excluding hydrogens is 320 g/mol. The van der Waals surface area contributed by atoms with E-state index < -0.39 is 5.79 Å². The van der Waals surface area contributed by atoms with Crippen molar-refractivity contribution in [1.82, 2.24) is 14.8 Å². The zero-order valence-electron chi connectivity index (χ0n) is 14.1. The average Bonchev–Trinajstić information content (AvgIpc) is 3.37. The Bertz CT molecular complexity index is 719. The van der Waals surface area contributed by atoms with Crippen LogP contribution in [0.2, 0.25) is 0 Å². The fourth-order valence-corrected chi connectivity index (χ4v) is 3.65. The molecule has 1 aliphatic heterocycles. The average molecular weight is 342 g/mol. The second kappa shape index (κ2) is 6.93. The van der Waals surface area contributed by atoms with Gasteiger partial charge in [-0.2, -0.15) is 5.10 Å². The molecule has 7 heteroatoms. The number of pyridine rings is 1. The lowest BCUT2D eigenvalue weighted by atomic mass is 10.0. The van der Waals surface area contributed by atoms with E-state index in [4.69, 9.17) is 9.47 Å². The minimum Gasteiger partial charge on any atom is -0.347 e. The van der Waals surface area contributed by atoms with Crippen molar-refractivity contribution in [1.29, 1.82) is 0 Å². The Kier molecular flexibility index (Phi) is 4.50. The summed E-state index contributed by atoms with van der Waals surface area (Å²) in [6.45, 7) is 1.88. The van der Waals surface area contributed by atoms with E-state index in [0.717, 1.165) is 32.2 Å². The first-order valence-electron chi connectivity index (χ1n) is 8.76. The lowest BCUT2D eigenvalue weighted by Gasteiger charge is -2.28. The fraction of sp³-hybridized carbons (Fsp3) is 0.500. The molecule has 7 nitrogen and oxygen atoms in total. The van der Waals surface area contributed by atoms with Crippen LogP contribution in [-0.4, -0.2) is 39.7 Å². The molecule has 132 valence electrons. The van der Waals surface area contributed by atoms with Gasteiger partial charge < -0.3 is 14.8 Å². The Hall–Kier alpha value is -2.25. The van der Waals surface area contributed by atoms with Gasteiger partial charge in [-0.1, -0.05) is 0 Å². The number of carbonyl (C=O) groups is 1. The highest BCUT2D eigenvalue weighted by molar-refractivity contribution is 5.92. The monoisotopic (exact) mass is 342 g/mol. The maximum atomic E-state index is 12.6. The molecule has 2 fully saturated rings. The number of amides is 1. The summed E-state index contributed by atoms with van der Waals surface area (Å²) >= 11 is 0. The molecule has 2 aromatic heterocycles. The van der Waals surface area contributed by atoms with Gasteiger partial charge in [-0.05, 0) is 37.0 Å². The molecule has 2 aliphatic rings. The molecule has 1 amide bonds. The topological polar surface area (TPSA) is 78.3 Å². The highest BCUT2D eigenvalue weighted by Crippen LogP contribution is 2.42. The van der Waals surface area contributed by atoms with Crippen LogP contribution in [0.5, 0.6) is 0 Å². The maximum Gasteiger partial charge on any atom is 0.234 e. The Morgan fingerprint density at radius 1 is 1.28 bits per heavy atom. The van der Waals surface area contributed by atoms with E-state index in [-0.39, 0.29) is 11.8 Å². The number of aromatic nitrogens is 3. The van der Waals surface area contributed by atoms with Crippen molar-refractivity contribution in [2.24, 2.45) is 5.92 Å². The summed E-state index contributed by atoms with van der Waals surface area (Å²) in [4.78, 5) is 16.7. The zero-order chi connectivity index (χ0) is 17.1. The maximum absolute atomic E-state index is 12.6. The smallest absolute Gasteiger partial charge is 0.234 e. The second-order valence-electron chi connectivity index (χ2n) is 6.51. The van der Waals surface area contributed by atoms with E-state index in [1.165, 1.54) is 5.56 Å². The summed E-state index contributed by atoms with van der Waals surface area (Å²) in [5.74, 6) is -0.482. The summed E-state index contributed by atoms with van der Waals surface area (Å²) < 4.78 is 13.3. The van der Waals surface area contributed by atoms with Crippen LogP contribution in [0.3, 0.4) is 0 Å². The first-order chi connectivity index (χ1) is 12.3. The van der Waals surface area contributed by atoms with Crippen molar-refractivity contribution in [3.05, 3.63) is 42.4 Å². The van der Waals surface area contributed by atoms with Crippen LogP contribution >= 0.6 is 0 Å².